The van der Waals surface area contributed by atoms with Crippen molar-refractivity contribution in [3.8, 4) is 6.19 Å². The van der Waals surface area contributed by atoms with E-state index in [0.29, 0.717) is 0 Å². The molecule has 1 heterocycles. The Bertz CT molecular complexity index is 142. The third-order valence-electron chi connectivity index (χ3n) is 1.79. The van der Waals surface area contributed by atoms with E-state index in [1.807, 2.05) is 20.8 Å². The summed E-state index contributed by atoms with van der Waals surface area (Å²) >= 11 is 5.84. The van der Waals surface area contributed by atoms with Crippen molar-refractivity contribution in [2.24, 2.45) is 0 Å². The summed E-state index contributed by atoms with van der Waals surface area (Å²) in [4.78, 5) is 1.72. The topological polar surface area (TPSA) is 27.0 Å². The predicted molar refractivity (Wildman–Crippen MR) is 47.4 cm³/mol. The molecule has 1 rings (SSSR count). The molecule has 0 radical (unpaired) electrons. The lowest BCUT2D eigenvalue weighted by Gasteiger charge is -2.13. The minimum absolute atomic E-state index is 0.171. The van der Waals surface area contributed by atoms with Gasteiger partial charge in [-0.15, -0.1) is 11.6 Å². The summed E-state index contributed by atoms with van der Waals surface area (Å²) in [6, 6.07) is 0.233. The van der Waals surface area contributed by atoms with Gasteiger partial charge in [0.05, 0.1) is 11.4 Å². The van der Waals surface area contributed by atoms with Gasteiger partial charge in [0.25, 0.3) is 0 Å². The van der Waals surface area contributed by atoms with Crippen LogP contribution in [0.2, 0.25) is 0 Å². The molecule has 0 aromatic heterocycles. The maximum atomic E-state index is 8.47. The molecule has 0 spiro atoms. The van der Waals surface area contributed by atoms with Gasteiger partial charge in [-0.2, -0.15) is 5.26 Å². The molecule has 1 aliphatic heterocycles. The molecule has 0 amide bonds. The highest BCUT2D eigenvalue weighted by molar-refractivity contribution is 6.21. The zero-order valence-corrected chi connectivity index (χ0v) is 8.10. The molecule has 0 saturated carbocycles. The van der Waals surface area contributed by atoms with Crippen LogP contribution in [0, 0.1) is 11.5 Å². The van der Waals surface area contributed by atoms with Gasteiger partial charge in [-0.1, -0.05) is 13.8 Å². The Kier molecular flexibility index (Phi) is 5.06. The molecule has 0 aromatic carbocycles. The summed E-state index contributed by atoms with van der Waals surface area (Å²) in [6.45, 7) is 6.81. The van der Waals surface area contributed by atoms with Gasteiger partial charge in [0.15, 0.2) is 6.19 Å². The zero-order valence-electron chi connectivity index (χ0n) is 7.34. The highest BCUT2D eigenvalue weighted by atomic mass is 35.5. The first kappa shape index (κ1) is 10.6. The molecule has 0 aliphatic carbocycles. The normalized spacial score (nSPS) is 28.8. The van der Waals surface area contributed by atoms with E-state index in [1.165, 1.54) is 0 Å². The lowest BCUT2D eigenvalue weighted by atomic mass is 10.2. The van der Waals surface area contributed by atoms with E-state index in [2.05, 4.69) is 6.19 Å². The monoisotopic (exact) mass is 174 g/mol. The maximum Gasteiger partial charge on any atom is 0.179 e. The largest absolute Gasteiger partial charge is 0.306 e. The van der Waals surface area contributed by atoms with Crippen LogP contribution in [0.3, 0.4) is 0 Å². The second kappa shape index (κ2) is 5.26. The van der Waals surface area contributed by atoms with Crippen LogP contribution in [0.1, 0.15) is 27.2 Å². The Labute approximate surface area is 73.7 Å². The SMILES string of the molecule is CC.CC1C(Cl)CCN1C#N. The number of nitriles is 1. The number of hydrogen-bond donors (Lipinski definition) is 0. The van der Waals surface area contributed by atoms with Crippen molar-refractivity contribution in [2.45, 2.75) is 38.6 Å². The Morgan fingerprint density at radius 2 is 2.09 bits per heavy atom. The van der Waals surface area contributed by atoms with Gasteiger partial charge >= 0.3 is 0 Å². The van der Waals surface area contributed by atoms with Crippen LogP contribution in [-0.2, 0) is 0 Å². The van der Waals surface area contributed by atoms with Crippen LogP contribution < -0.4 is 0 Å². The molecule has 1 aliphatic rings. The maximum absolute atomic E-state index is 8.47. The number of likely N-dealkylation sites (tertiary alicyclic amines) is 1. The third kappa shape index (κ3) is 2.59. The number of rotatable bonds is 0. The van der Waals surface area contributed by atoms with Crippen molar-refractivity contribution in [3.63, 3.8) is 0 Å². The Morgan fingerprint density at radius 3 is 2.27 bits per heavy atom. The number of hydrogen-bond acceptors (Lipinski definition) is 2. The van der Waals surface area contributed by atoms with Gasteiger partial charge in [-0.05, 0) is 13.3 Å². The van der Waals surface area contributed by atoms with Gasteiger partial charge in [0.1, 0.15) is 0 Å². The average Bonchev–Trinajstić information content (AvgIpc) is 2.37. The molecule has 0 bridgehead atoms. The van der Waals surface area contributed by atoms with E-state index < -0.39 is 0 Å². The van der Waals surface area contributed by atoms with Gasteiger partial charge in [-0.25, -0.2) is 0 Å². The Balaban J connectivity index is 0.000000461. The van der Waals surface area contributed by atoms with E-state index in [0.717, 1.165) is 13.0 Å². The molecule has 0 N–H and O–H groups in total. The molecule has 2 unspecified atom stereocenters. The van der Waals surface area contributed by atoms with E-state index in [1.54, 1.807) is 4.90 Å². The number of nitrogens with zero attached hydrogens (tertiary/aromatic N) is 2. The van der Waals surface area contributed by atoms with Crippen molar-refractivity contribution in [1.82, 2.24) is 4.90 Å². The standard InChI is InChI=1S/C6H9ClN2.C2H6/c1-5-6(7)2-3-9(5)4-8;1-2/h5-6H,2-3H2,1H3;1-2H3. The van der Waals surface area contributed by atoms with E-state index in [9.17, 15) is 0 Å². The van der Waals surface area contributed by atoms with Crippen LogP contribution >= 0.6 is 11.6 Å². The van der Waals surface area contributed by atoms with Crippen molar-refractivity contribution >= 4 is 11.6 Å². The highest BCUT2D eigenvalue weighted by Crippen LogP contribution is 2.20. The minimum Gasteiger partial charge on any atom is -0.306 e. The fraction of sp³-hybridized carbons (Fsp3) is 0.875. The van der Waals surface area contributed by atoms with E-state index in [-0.39, 0.29) is 11.4 Å². The molecule has 1 fully saturated rings. The van der Waals surface area contributed by atoms with Crippen molar-refractivity contribution in [2.75, 3.05) is 6.54 Å². The zero-order chi connectivity index (χ0) is 8.85. The lowest BCUT2D eigenvalue weighted by Crippen LogP contribution is -2.25. The van der Waals surface area contributed by atoms with Gasteiger partial charge in [-0.3, -0.25) is 0 Å². The molecule has 11 heavy (non-hydrogen) atoms. The molecular weight excluding hydrogens is 160 g/mol. The minimum atomic E-state index is 0.171. The second-order valence-corrected chi connectivity index (χ2v) is 2.90. The summed E-state index contributed by atoms with van der Waals surface area (Å²) in [5.41, 5.74) is 0. The molecule has 0 aromatic rings. The van der Waals surface area contributed by atoms with Crippen molar-refractivity contribution in [3.05, 3.63) is 0 Å². The lowest BCUT2D eigenvalue weighted by molar-refractivity contribution is 0.390. The Hall–Kier alpha value is -0.420. The second-order valence-electron chi connectivity index (χ2n) is 2.34. The first-order chi connectivity index (χ1) is 5.25. The first-order valence-electron chi connectivity index (χ1n) is 4.06. The molecule has 2 atom stereocenters. The Morgan fingerprint density at radius 1 is 1.55 bits per heavy atom. The van der Waals surface area contributed by atoms with Crippen LogP contribution in [-0.4, -0.2) is 22.9 Å². The van der Waals surface area contributed by atoms with Gasteiger partial charge < -0.3 is 4.90 Å². The van der Waals surface area contributed by atoms with Crippen molar-refractivity contribution in [1.29, 1.82) is 5.26 Å². The van der Waals surface area contributed by atoms with E-state index in [4.69, 9.17) is 16.9 Å². The van der Waals surface area contributed by atoms with E-state index >= 15 is 0 Å². The summed E-state index contributed by atoms with van der Waals surface area (Å²) in [7, 11) is 0. The average molecular weight is 175 g/mol. The number of halogens is 1. The summed E-state index contributed by atoms with van der Waals surface area (Å²) in [5, 5.41) is 8.64. The van der Waals surface area contributed by atoms with Crippen LogP contribution in [0.5, 0.6) is 0 Å². The van der Waals surface area contributed by atoms with Crippen LogP contribution in [0.15, 0.2) is 0 Å². The fourth-order valence-corrected chi connectivity index (χ4v) is 1.28. The summed E-state index contributed by atoms with van der Waals surface area (Å²) in [6.07, 6.45) is 3.03. The summed E-state index contributed by atoms with van der Waals surface area (Å²) in [5.74, 6) is 0. The first-order valence-corrected chi connectivity index (χ1v) is 4.50. The predicted octanol–water partition coefficient (Wildman–Crippen LogP) is 2.20. The molecular formula is C8H15ClN2. The van der Waals surface area contributed by atoms with Crippen molar-refractivity contribution < 1.29 is 0 Å². The van der Waals surface area contributed by atoms with Crippen LogP contribution in [0.4, 0.5) is 0 Å². The quantitative estimate of drug-likeness (QED) is 0.416. The highest BCUT2D eigenvalue weighted by Gasteiger charge is 2.27. The molecule has 1 saturated heterocycles. The number of alkyl halides is 1. The molecule has 2 nitrogen and oxygen atoms in total. The molecule has 3 heteroatoms. The fourth-order valence-electron chi connectivity index (χ4n) is 1.04. The smallest absolute Gasteiger partial charge is 0.179 e. The molecule has 64 valence electrons. The van der Waals surface area contributed by atoms with Crippen LogP contribution in [0.25, 0.3) is 0 Å². The third-order valence-corrected chi connectivity index (χ3v) is 2.37. The summed E-state index contributed by atoms with van der Waals surface area (Å²) < 4.78 is 0. The van der Waals surface area contributed by atoms with Gasteiger partial charge in [0.2, 0.25) is 0 Å². The van der Waals surface area contributed by atoms with Gasteiger partial charge in [0, 0.05) is 6.54 Å².